The number of rotatable bonds is 6. The highest BCUT2D eigenvalue weighted by molar-refractivity contribution is 7.10. The summed E-state index contributed by atoms with van der Waals surface area (Å²) in [7, 11) is 0. The average molecular weight is 395 g/mol. The molecule has 0 aromatic carbocycles. The van der Waals surface area contributed by atoms with Gasteiger partial charge in [0.05, 0.1) is 6.04 Å². The van der Waals surface area contributed by atoms with Crippen molar-refractivity contribution in [3.05, 3.63) is 16.3 Å². The Bertz CT molecular complexity index is 824. The number of azide groups is 1. The smallest absolute Gasteiger partial charge is 0.414 e. The van der Waals surface area contributed by atoms with Crippen LogP contribution in [0, 0.1) is 5.41 Å². The molecule has 4 N–H and O–H groups in total. The van der Waals surface area contributed by atoms with Gasteiger partial charge in [0.25, 0.3) is 5.91 Å². The van der Waals surface area contributed by atoms with E-state index in [1.54, 1.807) is 20.8 Å². The zero-order valence-corrected chi connectivity index (χ0v) is 15.5. The van der Waals surface area contributed by atoms with Crippen molar-refractivity contribution < 1.29 is 19.1 Å². The summed E-state index contributed by atoms with van der Waals surface area (Å²) < 4.78 is 8.90. The highest BCUT2D eigenvalue weighted by atomic mass is 32.1. The average Bonchev–Trinajstić information content (AvgIpc) is 3.01. The number of carbonyl (C=O) groups excluding carboxylic acids is 3. The Morgan fingerprint density at radius 1 is 1.48 bits per heavy atom. The molecule has 1 aromatic rings. The van der Waals surface area contributed by atoms with Crippen LogP contribution in [0.4, 0.5) is 9.93 Å². The van der Waals surface area contributed by atoms with Crippen molar-refractivity contribution >= 4 is 40.3 Å². The van der Waals surface area contributed by atoms with Gasteiger partial charge < -0.3 is 15.4 Å². The molecule has 1 aliphatic rings. The molecule has 14 heteroatoms. The number of ether oxygens (including phenoxy) is 1. The minimum atomic E-state index is -0.915. The van der Waals surface area contributed by atoms with E-state index in [2.05, 4.69) is 35.3 Å². The van der Waals surface area contributed by atoms with E-state index in [0.29, 0.717) is 0 Å². The molecule has 27 heavy (non-hydrogen) atoms. The van der Waals surface area contributed by atoms with Crippen molar-refractivity contribution in [2.45, 2.75) is 38.5 Å². The fraction of sp³-hybridized carbons (Fsp3) is 0.538. The van der Waals surface area contributed by atoms with Gasteiger partial charge in [-0.05, 0) is 26.3 Å². The number of β-lactam (4-membered cyclic amide) rings is 1. The number of amides is 3. The fourth-order valence-electron chi connectivity index (χ4n) is 1.97. The molecular formula is C13H17N9O4S. The molecule has 0 bridgehead atoms. The molecule has 1 aromatic heterocycles. The highest BCUT2D eigenvalue weighted by Gasteiger charge is 2.40. The minimum Gasteiger partial charge on any atom is -0.444 e. The van der Waals surface area contributed by atoms with Gasteiger partial charge in [0, 0.05) is 23.0 Å². The monoisotopic (exact) mass is 395 g/mol. The number of aromatic nitrogens is 2. The van der Waals surface area contributed by atoms with Gasteiger partial charge in [0.15, 0.2) is 11.5 Å². The SMILES string of the molecule is CC(C)(C)OC(=O)Nc1nc(C(=N)C(=O)N[C@@H]2C(=O)N[C@@H]2CN=[N+]=[N-])ns1. The second-order valence-electron chi connectivity index (χ2n) is 6.40. The van der Waals surface area contributed by atoms with Gasteiger partial charge in [0.2, 0.25) is 11.0 Å². The van der Waals surface area contributed by atoms with E-state index < -0.39 is 41.3 Å². The second-order valence-corrected chi connectivity index (χ2v) is 7.16. The summed E-state index contributed by atoms with van der Waals surface area (Å²) in [6, 6.07) is -1.46. The molecule has 0 radical (unpaired) electrons. The van der Waals surface area contributed by atoms with Crippen LogP contribution in [0.2, 0.25) is 0 Å². The molecule has 0 aliphatic carbocycles. The Labute approximate surface area is 157 Å². The third-order valence-electron chi connectivity index (χ3n) is 3.13. The number of nitrogens with zero attached hydrogens (tertiary/aromatic N) is 5. The van der Waals surface area contributed by atoms with Gasteiger partial charge in [-0.15, -0.1) is 0 Å². The van der Waals surface area contributed by atoms with Crippen LogP contribution in [0.25, 0.3) is 10.4 Å². The van der Waals surface area contributed by atoms with Gasteiger partial charge in [-0.1, -0.05) is 5.11 Å². The Hall–Kier alpha value is -3.25. The summed E-state index contributed by atoms with van der Waals surface area (Å²) in [6.07, 6.45) is -0.742. The van der Waals surface area contributed by atoms with Gasteiger partial charge in [-0.3, -0.25) is 20.3 Å². The topological polar surface area (TPSA) is 195 Å². The van der Waals surface area contributed by atoms with Crippen LogP contribution in [0.1, 0.15) is 26.6 Å². The summed E-state index contributed by atoms with van der Waals surface area (Å²) in [5.74, 6) is -1.54. The largest absolute Gasteiger partial charge is 0.444 e. The molecule has 144 valence electrons. The maximum absolute atomic E-state index is 12.1. The third kappa shape index (κ3) is 5.36. The Kier molecular flexibility index (Phi) is 5.92. The standard InChI is InChI=1S/C13H17N9O4S/c1-13(2,3)26-12(25)20-11-19-8(21-27-11)6(14)9(23)18-7-5(4-16-22-15)17-10(7)24/h5,7,14H,4H2,1-3H3,(H,17,24)(H,18,23)(H,19,20,21,25)/t5-,7+/m1/s1. The second kappa shape index (κ2) is 7.97. The van der Waals surface area contributed by atoms with E-state index in [0.717, 1.165) is 11.5 Å². The fourth-order valence-corrected chi connectivity index (χ4v) is 2.53. The number of anilines is 1. The first kappa shape index (κ1) is 20.1. The Morgan fingerprint density at radius 2 is 2.19 bits per heavy atom. The molecule has 1 fully saturated rings. The quantitative estimate of drug-likeness (QED) is 0.178. The van der Waals surface area contributed by atoms with Gasteiger partial charge in [-0.2, -0.15) is 9.36 Å². The molecule has 13 nitrogen and oxygen atoms in total. The van der Waals surface area contributed by atoms with Crippen molar-refractivity contribution in [3.8, 4) is 0 Å². The van der Waals surface area contributed by atoms with E-state index in [1.807, 2.05) is 0 Å². The molecule has 0 unspecified atom stereocenters. The summed E-state index contributed by atoms with van der Waals surface area (Å²) in [4.78, 5) is 41.8. The minimum absolute atomic E-state index is 0.0283. The van der Waals surface area contributed by atoms with E-state index in [4.69, 9.17) is 15.7 Å². The van der Waals surface area contributed by atoms with Crippen molar-refractivity contribution in [1.82, 2.24) is 20.0 Å². The molecule has 1 saturated heterocycles. The normalized spacial score (nSPS) is 18.4. The van der Waals surface area contributed by atoms with Gasteiger partial charge in [0.1, 0.15) is 11.6 Å². The zero-order chi connectivity index (χ0) is 20.2. The molecule has 2 heterocycles. The van der Waals surface area contributed by atoms with Crippen LogP contribution in [-0.2, 0) is 14.3 Å². The van der Waals surface area contributed by atoms with E-state index in [-0.39, 0.29) is 17.5 Å². The van der Waals surface area contributed by atoms with E-state index in [9.17, 15) is 14.4 Å². The molecule has 1 aliphatic heterocycles. The lowest BCUT2D eigenvalue weighted by Crippen LogP contribution is -2.70. The third-order valence-corrected chi connectivity index (χ3v) is 3.76. The number of carbonyl (C=O) groups is 3. The summed E-state index contributed by atoms with van der Waals surface area (Å²) >= 11 is 0.772. The van der Waals surface area contributed by atoms with Gasteiger partial charge in [-0.25, -0.2) is 4.79 Å². The zero-order valence-electron chi connectivity index (χ0n) is 14.6. The molecule has 0 saturated carbocycles. The van der Waals surface area contributed by atoms with E-state index in [1.165, 1.54) is 0 Å². The lowest BCUT2D eigenvalue weighted by atomic mass is 9.99. The summed E-state index contributed by atoms with van der Waals surface area (Å²) in [6.45, 7) is 5.07. The Morgan fingerprint density at radius 3 is 2.78 bits per heavy atom. The first-order chi connectivity index (χ1) is 12.6. The first-order valence-corrected chi connectivity index (χ1v) is 8.43. The van der Waals surface area contributed by atoms with Crippen LogP contribution in [-0.4, -0.2) is 57.2 Å². The van der Waals surface area contributed by atoms with Crippen molar-refractivity contribution in [2.24, 2.45) is 5.11 Å². The van der Waals surface area contributed by atoms with Crippen LogP contribution in [0.5, 0.6) is 0 Å². The number of hydrogen-bond acceptors (Lipinski definition) is 9. The lowest BCUT2D eigenvalue weighted by Gasteiger charge is -2.36. The van der Waals surface area contributed by atoms with Crippen LogP contribution >= 0.6 is 11.5 Å². The summed E-state index contributed by atoms with van der Waals surface area (Å²) in [5, 5.41) is 18.4. The van der Waals surface area contributed by atoms with Gasteiger partial charge >= 0.3 is 6.09 Å². The van der Waals surface area contributed by atoms with Crippen molar-refractivity contribution in [3.63, 3.8) is 0 Å². The Balaban J connectivity index is 1.94. The van der Waals surface area contributed by atoms with Crippen molar-refractivity contribution in [2.75, 3.05) is 11.9 Å². The molecule has 0 spiro atoms. The van der Waals surface area contributed by atoms with Crippen LogP contribution in [0.3, 0.4) is 0 Å². The predicted molar refractivity (Wildman–Crippen MR) is 94.5 cm³/mol. The molecule has 2 atom stereocenters. The number of nitrogens with one attached hydrogen (secondary N) is 4. The van der Waals surface area contributed by atoms with Crippen LogP contribution in [0.15, 0.2) is 5.11 Å². The van der Waals surface area contributed by atoms with E-state index >= 15 is 0 Å². The van der Waals surface area contributed by atoms with Crippen LogP contribution < -0.4 is 16.0 Å². The molecular weight excluding hydrogens is 378 g/mol. The summed E-state index contributed by atoms with van der Waals surface area (Å²) in [5.41, 5.74) is 7.03. The maximum Gasteiger partial charge on any atom is 0.414 e. The van der Waals surface area contributed by atoms with Crippen molar-refractivity contribution in [1.29, 1.82) is 5.41 Å². The number of hydrogen-bond donors (Lipinski definition) is 4. The molecule has 3 amide bonds. The molecule has 2 rings (SSSR count). The maximum atomic E-state index is 12.1. The first-order valence-electron chi connectivity index (χ1n) is 7.65. The predicted octanol–water partition coefficient (Wildman–Crippen LogP) is 0.546. The highest BCUT2D eigenvalue weighted by Crippen LogP contribution is 2.15. The lowest BCUT2D eigenvalue weighted by molar-refractivity contribution is -0.134.